The van der Waals surface area contributed by atoms with Crippen molar-refractivity contribution >= 4 is 39.1 Å². The first-order valence-corrected chi connectivity index (χ1v) is 13.2. The molecular weight excluding hydrogens is 481 g/mol. The van der Waals surface area contributed by atoms with Gasteiger partial charge in [0.15, 0.2) is 0 Å². The molecule has 2 aromatic carbocycles. The summed E-state index contributed by atoms with van der Waals surface area (Å²) >= 11 is 6.16. The van der Waals surface area contributed by atoms with Crippen molar-refractivity contribution in [1.29, 1.82) is 0 Å². The monoisotopic (exact) mass is 511 g/mol. The van der Waals surface area contributed by atoms with Gasteiger partial charge in [0.25, 0.3) is 0 Å². The molecule has 1 unspecified atom stereocenters. The van der Waals surface area contributed by atoms with Crippen molar-refractivity contribution in [3.63, 3.8) is 0 Å². The predicted octanol–water partition coefficient (Wildman–Crippen LogP) is 3.89. The Bertz CT molecular complexity index is 1130. The summed E-state index contributed by atoms with van der Waals surface area (Å²) < 4.78 is 40.4. The van der Waals surface area contributed by atoms with Crippen molar-refractivity contribution in [2.75, 3.05) is 23.7 Å². The van der Waals surface area contributed by atoms with Gasteiger partial charge < -0.3 is 10.2 Å². The Morgan fingerprint density at radius 1 is 1.15 bits per heavy atom. The molecule has 0 aliphatic rings. The number of nitrogens with zero attached hydrogens (tertiary/aromatic N) is 2. The van der Waals surface area contributed by atoms with E-state index in [-0.39, 0.29) is 37.7 Å². The number of carbonyl (C=O) groups excluding carboxylic acids is 2. The van der Waals surface area contributed by atoms with E-state index in [2.05, 4.69) is 5.32 Å². The number of rotatable bonds is 11. The van der Waals surface area contributed by atoms with Crippen LogP contribution in [0.4, 0.5) is 10.1 Å². The third-order valence-corrected chi connectivity index (χ3v) is 7.07. The van der Waals surface area contributed by atoms with E-state index in [0.717, 1.165) is 6.26 Å². The zero-order valence-electron chi connectivity index (χ0n) is 19.8. The molecule has 186 valence electrons. The third kappa shape index (κ3) is 7.17. The van der Waals surface area contributed by atoms with E-state index < -0.39 is 21.9 Å². The number of benzene rings is 2. The highest BCUT2D eigenvalue weighted by Crippen LogP contribution is 2.28. The first-order valence-electron chi connectivity index (χ1n) is 11.0. The standard InChI is InChI=1S/C24H31ClFN3O4S/c1-5-27-24(31)18(3)28(16-19-10-6-7-12-21(19)26)23(30)14-9-15-29(34(4,32)33)22-13-8-11-20(25)17(22)2/h6-8,10-13,18H,5,9,14-16H2,1-4H3,(H,27,31). The average Bonchev–Trinajstić information content (AvgIpc) is 2.77. The van der Waals surface area contributed by atoms with Crippen LogP contribution in [0, 0.1) is 12.7 Å². The van der Waals surface area contributed by atoms with Crippen LogP contribution in [0.3, 0.4) is 0 Å². The maximum absolute atomic E-state index is 14.3. The Balaban J connectivity index is 2.20. The normalized spacial score (nSPS) is 12.2. The molecule has 0 aliphatic carbocycles. The van der Waals surface area contributed by atoms with Gasteiger partial charge in [-0.05, 0) is 51.0 Å². The van der Waals surface area contributed by atoms with Crippen molar-refractivity contribution in [3.8, 4) is 0 Å². The van der Waals surface area contributed by atoms with E-state index in [1.807, 2.05) is 0 Å². The van der Waals surface area contributed by atoms with Gasteiger partial charge in [-0.2, -0.15) is 0 Å². The average molecular weight is 512 g/mol. The van der Waals surface area contributed by atoms with Gasteiger partial charge in [0.05, 0.1) is 11.9 Å². The lowest BCUT2D eigenvalue weighted by atomic mass is 10.1. The van der Waals surface area contributed by atoms with Crippen LogP contribution in [0.25, 0.3) is 0 Å². The van der Waals surface area contributed by atoms with Gasteiger partial charge in [0.2, 0.25) is 21.8 Å². The fraction of sp³-hybridized carbons (Fsp3) is 0.417. The van der Waals surface area contributed by atoms with Crippen LogP contribution >= 0.6 is 11.6 Å². The minimum absolute atomic E-state index is 0.0240. The number of carbonyl (C=O) groups is 2. The molecule has 0 radical (unpaired) electrons. The molecule has 0 saturated heterocycles. The van der Waals surface area contributed by atoms with Crippen LogP contribution in [0.2, 0.25) is 5.02 Å². The minimum Gasteiger partial charge on any atom is -0.355 e. The van der Waals surface area contributed by atoms with Crippen LogP contribution < -0.4 is 9.62 Å². The molecule has 0 heterocycles. The van der Waals surface area contributed by atoms with Gasteiger partial charge in [-0.1, -0.05) is 35.9 Å². The summed E-state index contributed by atoms with van der Waals surface area (Å²) in [6, 6.07) is 10.2. The highest BCUT2D eigenvalue weighted by molar-refractivity contribution is 7.92. The van der Waals surface area contributed by atoms with Crippen LogP contribution in [0.1, 0.15) is 37.8 Å². The molecule has 7 nitrogen and oxygen atoms in total. The Morgan fingerprint density at radius 3 is 2.44 bits per heavy atom. The van der Waals surface area contributed by atoms with E-state index in [9.17, 15) is 22.4 Å². The second-order valence-electron chi connectivity index (χ2n) is 8.01. The van der Waals surface area contributed by atoms with Crippen LogP contribution in [0.5, 0.6) is 0 Å². The fourth-order valence-electron chi connectivity index (χ4n) is 3.56. The lowest BCUT2D eigenvalue weighted by Crippen LogP contribution is -2.47. The summed E-state index contributed by atoms with van der Waals surface area (Å²) in [5.74, 6) is -1.19. The highest BCUT2D eigenvalue weighted by Gasteiger charge is 2.27. The van der Waals surface area contributed by atoms with Crippen molar-refractivity contribution < 1.29 is 22.4 Å². The van der Waals surface area contributed by atoms with Gasteiger partial charge in [0, 0.05) is 36.6 Å². The molecule has 0 spiro atoms. The van der Waals surface area contributed by atoms with Gasteiger partial charge in [-0.15, -0.1) is 0 Å². The van der Waals surface area contributed by atoms with Crippen molar-refractivity contribution in [3.05, 3.63) is 64.4 Å². The summed E-state index contributed by atoms with van der Waals surface area (Å²) in [6.07, 6.45) is 1.27. The third-order valence-electron chi connectivity index (χ3n) is 5.48. The molecule has 2 rings (SSSR count). The molecular formula is C24H31ClFN3O4S. The van der Waals surface area contributed by atoms with E-state index in [0.29, 0.717) is 28.4 Å². The Kier molecular flexibility index (Phi) is 9.88. The van der Waals surface area contributed by atoms with Crippen molar-refractivity contribution in [2.24, 2.45) is 0 Å². The molecule has 2 aromatic rings. The first kappa shape index (κ1) is 27.6. The zero-order chi connectivity index (χ0) is 25.5. The SMILES string of the molecule is CCNC(=O)C(C)N(Cc1ccccc1F)C(=O)CCCN(c1cccc(Cl)c1C)S(C)(=O)=O. The largest absolute Gasteiger partial charge is 0.355 e. The molecule has 1 N–H and O–H groups in total. The molecule has 10 heteroatoms. The van der Waals surface area contributed by atoms with E-state index in [4.69, 9.17) is 11.6 Å². The molecule has 2 amide bonds. The smallest absolute Gasteiger partial charge is 0.242 e. The summed E-state index contributed by atoms with van der Waals surface area (Å²) in [5, 5.41) is 3.12. The van der Waals surface area contributed by atoms with Crippen LogP contribution in [-0.2, 0) is 26.2 Å². The predicted molar refractivity (Wildman–Crippen MR) is 133 cm³/mol. The number of sulfonamides is 1. The molecule has 34 heavy (non-hydrogen) atoms. The number of likely N-dealkylation sites (N-methyl/N-ethyl adjacent to an activating group) is 1. The first-order chi connectivity index (χ1) is 16.0. The van der Waals surface area contributed by atoms with Crippen LogP contribution in [-0.4, -0.2) is 50.5 Å². The topological polar surface area (TPSA) is 86.8 Å². The second kappa shape index (κ2) is 12.2. The quantitative estimate of drug-likeness (QED) is 0.496. The van der Waals surface area contributed by atoms with Gasteiger partial charge in [-0.3, -0.25) is 13.9 Å². The molecule has 0 aliphatic heterocycles. The van der Waals surface area contributed by atoms with E-state index in [1.165, 1.54) is 15.3 Å². The lowest BCUT2D eigenvalue weighted by Gasteiger charge is -2.29. The molecule has 0 fully saturated rings. The van der Waals surface area contributed by atoms with E-state index >= 15 is 0 Å². The van der Waals surface area contributed by atoms with Crippen molar-refractivity contribution in [1.82, 2.24) is 10.2 Å². The molecule has 0 bridgehead atoms. The maximum atomic E-state index is 14.3. The Morgan fingerprint density at radius 2 is 1.82 bits per heavy atom. The number of hydrogen-bond donors (Lipinski definition) is 1. The molecule has 0 saturated carbocycles. The number of amides is 2. The number of nitrogens with one attached hydrogen (secondary N) is 1. The lowest BCUT2D eigenvalue weighted by molar-refractivity contribution is -0.140. The van der Waals surface area contributed by atoms with Gasteiger partial charge in [-0.25, -0.2) is 12.8 Å². The van der Waals surface area contributed by atoms with Crippen molar-refractivity contribution in [2.45, 2.75) is 46.2 Å². The van der Waals surface area contributed by atoms with E-state index in [1.54, 1.807) is 57.2 Å². The summed E-state index contributed by atoms with van der Waals surface area (Å²) in [4.78, 5) is 26.9. The Labute approximate surface area is 205 Å². The highest BCUT2D eigenvalue weighted by atomic mass is 35.5. The number of halogens is 2. The van der Waals surface area contributed by atoms with Gasteiger partial charge >= 0.3 is 0 Å². The summed E-state index contributed by atoms with van der Waals surface area (Å²) in [7, 11) is -3.63. The zero-order valence-corrected chi connectivity index (χ0v) is 21.4. The number of anilines is 1. The Hall–Kier alpha value is -2.65. The maximum Gasteiger partial charge on any atom is 0.242 e. The minimum atomic E-state index is -3.63. The summed E-state index contributed by atoms with van der Waals surface area (Å²) in [6.45, 7) is 5.45. The molecule has 1 atom stereocenters. The number of hydrogen-bond acceptors (Lipinski definition) is 4. The molecule has 0 aromatic heterocycles. The second-order valence-corrected chi connectivity index (χ2v) is 10.3. The fourth-order valence-corrected chi connectivity index (χ4v) is 4.75. The van der Waals surface area contributed by atoms with Gasteiger partial charge in [0.1, 0.15) is 11.9 Å². The van der Waals surface area contributed by atoms with Crippen LogP contribution in [0.15, 0.2) is 42.5 Å². The summed E-state index contributed by atoms with van der Waals surface area (Å²) in [5.41, 5.74) is 1.35.